The van der Waals surface area contributed by atoms with Gasteiger partial charge in [0.05, 0.1) is 0 Å². The quantitative estimate of drug-likeness (QED) is 0.381. The number of carbonyl (C=O) groups excluding carboxylic acids is 1. The van der Waals surface area contributed by atoms with Crippen molar-refractivity contribution in [2.75, 3.05) is 19.0 Å². The smallest absolute Gasteiger partial charge is 0.430 e. The van der Waals surface area contributed by atoms with Gasteiger partial charge in [0.15, 0.2) is 0 Å². The molecule has 1 saturated heterocycles. The van der Waals surface area contributed by atoms with Crippen molar-refractivity contribution in [3.8, 4) is 0 Å². The lowest BCUT2D eigenvalue weighted by molar-refractivity contribution is 0.0297. The first-order chi connectivity index (χ1) is 6.53. The lowest BCUT2D eigenvalue weighted by Crippen LogP contribution is -2.22. The zero-order valence-electron chi connectivity index (χ0n) is 7.34. The van der Waals surface area contributed by atoms with Crippen LogP contribution in [0.3, 0.4) is 0 Å². The molecule has 0 aromatic heterocycles. The Morgan fingerprint density at radius 3 is 2.86 bits per heavy atom. The summed E-state index contributed by atoms with van der Waals surface area (Å²) in [6.45, 7) is 3.21. The Labute approximate surface area is 81.6 Å². The summed E-state index contributed by atoms with van der Waals surface area (Å²) in [5.74, 6) is -0.323. The van der Waals surface area contributed by atoms with Gasteiger partial charge in [0.2, 0.25) is 0 Å². The van der Waals surface area contributed by atoms with Crippen LogP contribution in [0.15, 0.2) is 12.7 Å². The third-order valence-corrected chi connectivity index (χ3v) is 2.68. The van der Waals surface area contributed by atoms with Crippen LogP contribution in [0.2, 0.25) is 0 Å². The molecule has 0 amide bonds. The van der Waals surface area contributed by atoms with Gasteiger partial charge in [-0.3, -0.25) is 4.18 Å². The van der Waals surface area contributed by atoms with Gasteiger partial charge < -0.3 is 9.47 Å². The van der Waals surface area contributed by atoms with Crippen LogP contribution in [-0.2, 0) is 23.8 Å². The van der Waals surface area contributed by atoms with Crippen molar-refractivity contribution in [3.63, 3.8) is 0 Å². The maximum absolute atomic E-state index is 10.8. The monoisotopic (exact) mass is 222 g/mol. The highest BCUT2D eigenvalue weighted by atomic mass is 32.2. The normalized spacial score (nSPS) is 24.1. The molecule has 1 fully saturated rings. The van der Waals surface area contributed by atoms with E-state index in [9.17, 15) is 13.2 Å². The molecular weight excluding hydrogens is 212 g/mol. The van der Waals surface area contributed by atoms with E-state index in [-0.39, 0.29) is 19.0 Å². The summed E-state index contributed by atoms with van der Waals surface area (Å²) in [7, 11) is -3.51. The topological polar surface area (TPSA) is 78.9 Å². The van der Waals surface area contributed by atoms with E-state index < -0.39 is 22.4 Å². The fourth-order valence-electron chi connectivity index (χ4n) is 0.869. The lowest BCUT2D eigenvalue weighted by Gasteiger charge is -2.07. The molecule has 0 aromatic rings. The van der Waals surface area contributed by atoms with Crippen LogP contribution in [0.25, 0.3) is 0 Å². The van der Waals surface area contributed by atoms with Gasteiger partial charge in [-0.15, -0.1) is 0 Å². The molecule has 1 aliphatic rings. The molecule has 80 valence electrons. The molecule has 0 aromatic carbocycles. The van der Waals surface area contributed by atoms with Crippen molar-refractivity contribution in [3.05, 3.63) is 12.7 Å². The Hall–Kier alpha value is -1.08. The molecular formula is C7H10O6S. The van der Waals surface area contributed by atoms with Crippen LogP contribution >= 0.6 is 0 Å². The average Bonchev–Trinajstić information content (AvgIpc) is 2.42. The Morgan fingerprint density at radius 1 is 1.64 bits per heavy atom. The largest absolute Gasteiger partial charge is 0.508 e. The highest BCUT2D eigenvalue weighted by Crippen LogP contribution is 2.11. The van der Waals surface area contributed by atoms with Gasteiger partial charge in [0, 0.05) is 0 Å². The summed E-state index contributed by atoms with van der Waals surface area (Å²) in [6, 6.07) is 0. The van der Waals surface area contributed by atoms with Crippen LogP contribution in [0, 0.1) is 0 Å². The number of carbonyl (C=O) groups is 1. The Bertz CT molecular complexity index is 319. The second-order valence-electron chi connectivity index (χ2n) is 2.60. The summed E-state index contributed by atoms with van der Waals surface area (Å²) in [4.78, 5) is 10.8. The molecule has 0 saturated carbocycles. The average molecular weight is 222 g/mol. The van der Waals surface area contributed by atoms with Crippen LogP contribution < -0.4 is 0 Å². The predicted molar refractivity (Wildman–Crippen MR) is 46.2 cm³/mol. The molecule has 1 aliphatic heterocycles. The zero-order valence-corrected chi connectivity index (χ0v) is 8.16. The van der Waals surface area contributed by atoms with E-state index in [1.54, 1.807) is 0 Å². The van der Waals surface area contributed by atoms with Crippen molar-refractivity contribution >= 4 is 16.3 Å². The summed E-state index contributed by atoms with van der Waals surface area (Å²) < 4.78 is 35.0. The van der Waals surface area contributed by atoms with Gasteiger partial charge in [-0.05, 0) is 0 Å². The van der Waals surface area contributed by atoms with E-state index in [4.69, 9.17) is 0 Å². The minimum Gasteiger partial charge on any atom is -0.430 e. The predicted octanol–water partition coefficient (Wildman–Crippen LogP) is 0.0542. The third kappa shape index (κ3) is 3.35. The van der Waals surface area contributed by atoms with E-state index in [0.717, 1.165) is 0 Å². The maximum atomic E-state index is 10.8. The molecule has 6 nitrogen and oxygen atoms in total. The Balaban J connectivity index is 2.32. The third-order valence-electron chi connectivity index (χ3n) is 1.41. The van der Waals surface area contributed by atoms with E-state index in [2.05, 4.69) is 20.2 Å². The number of ether oxygens (including phenoxy) is 2. The molecule has 1 atom stereocenters. The van der Waals surface area contributed by atoms with Gasteiger partial charge in [-0.2, -0.15) is 8.42 Å². The molecule has 7 heteroatoms. The first kappa shape index (κ1) is 11.0. The number of hydrogen-bond donors (Lipinski definition) is 0. The van der Waals surface area contributed by atoms with Gasteiger partial charge in [-0.1, -0.05) is 12.7 Å². The van der Waals surface area contributed by atoms with E-state index in [0.29, 0.717) is 0 Å². The molecule has 0 spiro atoms. The number of rotatable bonds is 3. The van der Waals surface area contributed by atoms with E-state index in [1.807, 2.05) is 0 Å². The fraction of sp³-hybridized carbons (Fsp3) is 0.571. The minimum atomic E-state index is -3.51. The number of hydrogen-bond acceptors (Lipinski definition) is 6. The summed E-state index contributed by atoms with van der Waals surface area (Å²) in [5.41, 5.74) is 0. The molecule has 1 rings (SSSR count). The van der Waals surface area contributed by atoms with E-state index >= 15 is 0 Å². The fourth-order valence-corrected chi connectivity index (χ4v) is 1.94. The van der Waals surface area contributed by atoms with Gasteiger partial charge in [-0.25, -0.2) is 4.79 Å². The highest BCUT2D eigenvalue weighted by molar-refractivity contribution is 7.87. The van der Waals surface area contributed by atoms with Crippen molar-refractivity contribution in [2.45, 2.75) is 6.10 Å². The van der Waals surface area contributed by atoms with Crippen molar-refractivity contribution < 1.29 is 26.9 Å². The van der Waals surface area contributed by atoms with Gasteiger partial charge in [0.25, 0.3) is 10.1 Å². The summed E-state index contributed by atoms with van der Waals surface area (Å²) in [6.07, 6.45) is -0.323. The van der Waals surface area contributed by atoms with E-state index in [1.165, 1.54) is 6.08 Å². The van der Waals surface area contributed by atoms with Crippen molar-refractivity contribution in [1.29, 1.82) is 0 Å². The minimum absolute atomic E-state index is 0.0269. The molecule has 1 unspecified atom stereocenters. The lowest BCUT2D eigenvalue weighted by atomic mass is 10.4. The zero-order chi connectivity index (χ0) is 10.6. The molecule has 0 N–H and O–H groups in total. The second-order valence-corrected chi connectivity index (χ2v) is 4.28. The van der Waals surface area contributed by atoms with Crippen molar-refractivity contribution in [1.82, 2.24) is 0 Å². The Kier molecular flexibility index (Phi) is 3.48. The molecule has 0 radical (unpaired) electrons. The Morgan fingerprint density at radius 2 is 2.36 bits per heavy atom. The van der Waals surface area contributed by atoms with Gasteiger partial charge >= 0.3 is 6.16 Å². The SMILES string of the molecule is C=CCOC(=O)OC1COS(=O)(=O)C1. The second kappa shape index (κ2) is 4.43. The molecule has 14 heavy (non-hydrogen) atoms. The standard InChI is InChI=1S/C7H10O6S/c1-2-3-11-7(8)13-6-4-12-14(9,10)5-6/h2,6H,1,3-5H2. The maximum Gasteiger partial charge on any atom is 0.508 e. The molecule has 1 heterocycles. The van der Waals surface area contributed by atoms with Crippen LogP contribution in [0.5, 0.6) is 0 Å². The first-order valence-corrected chi connectivity index (χ1v) is 5.42. The van der Waals surface area contributed by atoms with Gasteiger partial charge in [0.1, 0.15) is 25.1 Å². The highest BCUT2D eigenvalue weighted by Gasteiger charge is 2.32. The summed E-state index contributed by atoms with van der Waals surface area (Å²) in [5, 5.41) is 0. The van der Waals surface area contributed by atoms with Crippen LogP contribution in [-0.4, -0.2) is 39.6 Å². The summed E-state index contributed by atoms with van der Waals surface area (Å²) >= 11 is 0. The molecule has 0 aliphatic carbocycles. The van der Waals surface area contributed by atoms with Crippen LogP contribution in [0.1, 0.15) is 0 Å². The van der Waals surface area contributed by atoms with Crippen molar-refractivity contribution in [2.24, 2.45) is 0 Å². The van der Waals surface area contributed by atoms with Crippen LogP contribution in [0.4, 0.5) is 4.79 Å². The molecule has 0 bridgehead atoms. The first-order valence-electron chi connectivity index (χ1n) is 3.85.